The Labute approximate surface area is 47.2 Å². The van der Waals surface area contributed by atoms with Crippen LogP contribution in [0.25, 0.3) is 0 Å². The standard InChI is InChI=1S/C5H4N3/c1-8-3-2-7-5(8)4-6/h2H,1H3. The third kappa shape index (κ3) is 0.562. The predicted octanol–water partition coefficient (Wildman–Crippen LogP) is 0.0920. The average molecular weight is 106 g/mol. The van der Waals surface area contributed by atoms with Gasteiger partial charge in [-0.25, -0.2) is 4.98 Å². The van der Waals surface area contributed by atoms with E-state index in [1.807, 2.05) is 6.07 Å². The van der Waals surface area contributed by atoms with E-state index in [4.69, 9.17) is 5.26 Å². The van der Waals surface area contributed by atoms with E-state index in [1.165, 1.54) is 6.20 Å². The first-order valence-corrected chi connectivity index (χ1v) is 2.14. The number of hydrogen-bond acceptors (Lipinski definition) is 2. The second-order valence-corrected chi connectivity index (χ2v) is 1.38. The molecule has 0 atom stereocenters. The maximum atomic E-state index is 8.25. The molecule has 0 bridgehead atoms. The van der Waals surface area contributed by atoms with Crippen LogP contribution in [0, 0.1) is 17.5 Å². The Morgan fingerprint density at radius 3 is 3.00 bits per heavy atom. The lowest BCUT2D eigenvalue weighted by Gasteiger charge is -1.83. The van der Waals surface area contributed by atoms with Gasteiger partial charge in [-0.2, -0.15) is 5.26 Å². The SMILES string of the molecule is Cn1[c]cnc1C#N. The number of nitriles is 1. The van der Waals surface area contributed by atoms with Crippen molar-refractivity contribution < 1.29 is 0 Å². The number of hydrogen-bond donors (Lipinski definition) is 0. The van der Waals surface area contributed by atoms with Crippen molar-refractivity contribution in [2.45, 2.75) is 0 Å². The van der Waals surface area contributed by atoms with Crippen LogP contribution in [0.5, 0.6) is 0 Å². The Bertz CT molecular complexity index is 218. The lowest BCUT2D eigenvalue weighted by atomic mass is 10.7. The summed E-state index contributed by atoms with van der Waals surface area (Å²) in [4.78, 5) is 3.68. The maximum absolute atomic E-state index is 8.25. The highest BCUT2D eigenvalue weighted by molar-refractivity contribution is 5.09. The van der Waals surface area contributed by atoms with Gasteiger partial charge in [0.1, 0.15) is 6.07 Å². The van der Waals surface area contributed by atoms with Gasteiger partial charge in [0.05, 0.1) is 12.4 Å². The predicted molar refractivity (Wildman–Crippen MR) is 26.8 cm³/mol. The summed E-state index contributed by atoms with van der Waals surface area (Å²) in [6, 6.07) is 1.90. The van der Waals surface area contributed by atoms with Gasteiger partial charge in [-0.15, -0.1) is 0 Å². The fourth-order valence-corrected chi connectivity index (χ4v) is 0.428. The van der Waals surface area contributed by atoms with E-state index in [0.29, 0.717) is 5.82 Å². The molecule has 0 aliphatic heterocycles. The summed E-state index contributed by atoms with van der Waals surface area (Å²) in [5.74, 6) is 0.394. The molecule has 39 valence electrons. The smallest absolute Gasteiger partial charge is 0.212 e. The van der Waals surface area contributed by atoms with Crippen molar-refractivity contribution in [2.24, 2.45) is 7.05 Å². The number of aromatic nitrogens is 2. The molecule has 0 saturated carbocycles. The van der Waals surface area contributed by atoms with Crippen LogP contribution < -0.4 is 0 Å². The molecule has 3 heteroatoms. The molecule has 0 amide bonds. The van der Waals surface area contributed by atoms with Crippen LogP contribution in [0.4, 0.5) is 0 Å². The molecule has 1 aromatic heterocycles. The molecule has 0 N–H and O–H groups in total. The second-order valence-electron chi connectivity index (χ2n) is 1.38. The molecule has 1 radical (unpaired) electrons. The van der Waals surface area contributed by atoms with Crippen LogP contribution in [0.3, 0.4) is 0 Å². The summed E-state index contributed by atoms with van der Waals surface area (Å²) < 4.78 is 1.54. The first-order valence-electron chi connectivity index (χ1n) is 2.14. The van der Waals surface area contributed by atoms with Crippen molar-refractivity contribution in [3.63, 3.8) is 0 Å². The van der Waals surface area contributed by atoms with E-state index < -0.39 is 0 Å². The minimum atomic E-state index is 0.394. The molecule has 0 unspecified atom stereocenters. The molecule has 0 fully saturated rings. The van der Waals surface area contributed by atoms with Crippen molar-refractivity contribution in [1.29, 1.82) is 5.26 Å². The molecular formula is C5H4N3. The molecule has 0 aliphatic rings. The zero-order valence-electron chi connectivity index (χ0n) is 4.42. The van der Waals surface area contributed by atoms with Crippen LogP contribution >= 0.6 is 0 Å². The van der Waals surface area contributed by atoms with Crippen LogP contribution in [-0.2, 0) is 7.05 Å². The molecule has 0 aliphatic carbocycles. The quantitative estimate of drug-likeness (QED) is 0.470. The van der Waals surface area contributed by atoms with Gasteiger partial charge in [-0.3, -0.25) is 0 Å². The molecule has 0 saturated heterocycles. The average Bonchev–Trinajstić information content (AvgIpc) is 2.14. The van der Waals surface area contributed by atoms with E-state index in [-0.39, 0.29) is 0 Å². The Hall–Kier alpha value is -1.30. The van der Waals surface area contributed by atoms with Crippen LogP contribution in [0.2, 0.25) is 0 Å². The van der Waals surface area contributed by atoms with Gasteiger partial charge >= 0.3 is 0 Å². The number of rotatable bonds is 0. The van der Waals surface area contributed by atoms with E-state index >= 15 is 0 Å². The van der Waals surface area contributed by atoms with E-state index in [1.54, 1.807) is 11.6 Å². The van der Waals surface area contributed by atoms with Gasteiger partial charge in [-0.05, 0) is 0 Å². The summed E-state index contributed by atoms with van der Waals surface area (Å²) in [6.07, 6.45) is 4.17. The van der Waals surface area contributed by atoms with Gasteiger partial charge in [0.15, 0.2) is 0 Å². The van der Waals surface area contributed by atoms with Crippen molar-refractivity contribution in [2.75, 3.05) is 0 Å². The highest BCUT2D eigenvalue weighted by Crippen LogP contribution is 1.86. The normalized spacial score (nSPS) is 8.50. The van der Waals surface area contributed by atoms with E-state index in [0.717, 1.165) is 0 Å². The summed E-state index contributed by atoms with van der Waals surface area (Å²) in [6.45, 7) is 0. The minimum Gasteiger partial charge on any atom is -0.317 e. The van der Waals surface area contributed by atoms with Crippen LogP contribution in [-0.4, -0.2) is 9.55 Å². The summed E-state index contributed by atoms with van der Waals surface area (Å²) in [5.41, 5.74) is 0. The monoisotopic (exact) mass is 106 g/mol. The molecule has 1 aromatic rings. The number of aryl methyl sites for hydroxylation is 1. The molecule has 0 aromatic carbocycles. The van der Waals surface area contributed by atoms with Gasteiger partial charge in [0.25, 0.3) is 0 Å². The van der Waals surface area contributed by atoms with Gasteiger partial charge in [0, 0.05) is 7.05 Å². The highest BCUT2D eigenvalue weighted by Gasteiger charge is 1.91. The second kappa shape index (κ2) is 1.66. The van der Waals surface area contributed by atoms with Crippen molar-refractivity contribution in [1.82, 2.24) is 9.55 Å². The Morgan fingerprint density at radius 2 is 2.75 bits per heavy atom. The third-order valence-corrected chi connectivity index (χ3v) is 0.856. The molecule has 1 heterocycles. The zero-order valence-corrected chi connectivity index (χ0v) is 4.42. The van der Waals surface area contributed by atoms with Gasteiger partial charge in [-0.1, -0.05) is 0 Å². The largest absolute Gasteiger partial charge is 0.317 e. The minimum absolute atomic E-state index is 0.394. The van der Waals surface area contributed by atoms with Crippen molar-refractivity contribution >= 4 is 0 Å². The third-order valence-electron chi connectivity index (χ3n) is 0.856. The number of nitrogens with zero attached hydrogens (tertiary/aromatic N) is 3. The fourth-order valence-electron chi connectivity index (χ4n) is 0.428. The van der Waals surface area contributed by atoms with Crippen molar-refractivity contribution in [3.05, 3.63) is 18.2 Å². The first-order chi connectivity index (χ1) is 3.84. The summed E-state index contributed by atoms with van der Waals surface area (Å²) >= 11 is 0. The summed E-state index contributed by atoms with van der Waals surface area (Å²) in [7, 11) is 1.73. The van der Waals surface area contributed by atoms with Crippen LogP contribution in [0.15, 0.2) is 6.20 Å². The Kier molecular flexibility index (Phi) is 1.01. The molecule has 3 nitrogen and oxygen atoms in total. The Morgan fingerprint density at radius 1 is 2.00 bits per heavy atom. The molecule has 8 heavy (non-hydrogen) atoms. The molecular weight excluding hydrogens is 102 g/mol. The molecule has 0 spiro atoms. The number of imidazole rings is 1. The lowest BCUT2D eigenvalue weighted by Crippen LogP contribution is -1.89. The zero-order chi connectivity index (χ0) is 5.98. The van der Waals surface area contributed by atoms with E-state index in [2.05, 4.69) is 11.2 Å². The van der Waals surface area contributed by atoms with Gasteiger partial charge < -0.3 is 4.57 Å². The lowest BCUT2D eigenvalue weighted by molar-refractivity contribution is 0.882. The maximum Gasteiger partial charge on any atom is 0.212 e. The highest BCUT2D eigenvalue weighted by atomic mass is 15.0. The topological polar surface area (TPSA) is 41.6 Å². The Balaban J connectivity index is 3.15. The first kappa shape index (κ1) is 4.85. The molecule has 1 rings (SSSR count). The fraction of sp³-hybridized carbons (Fsp3) is 0.200. The van der Waals surface area contributed by atoms with Gasteiger partial charge in [0.2, 0.25) is 5.82 Å². The summed E-state index contributed by atoms with van der Waals surface area (Å²) in [5, 5.41) is 8.25. The van der Waals surface area contributed by atoms with Crippen molar-refractivity contribution in [3.8, 4) is 6.07 Å². The van der Waals surface area contributed by atoms with E-state index in [9.17, 15) is 0 Å². The van der Waals surface area contributed by atoms with Crippen LogP contribution in [0.1, 0.15) is 5.82 Å².